The van der Waals surface area contributed by atoms with Crippen molar-refractivity contribution in [2.24, 2.45) is 0 Å². The lowest BCUT2D eigenvalue weighted by Crippen LogP contribution is -2.34. The molecule has 2 N–H and O–H groups in total. The van der Waals surface area contributed by atoms with Crippen LogP contribution in [0.25, 0.3) is 22.0 Å². The van der Waals surface area contributed by atoms with Crippen LogP contribution in [0.1, 0.15) is 11.1 Å². The van der Waals surface area contributed by atoms with Crippen LogP contribution >= 0.6 is 11.8 Å². The lowest BCUT2D eigenvalue weighted by atomic mass is 9.96. The van der Waals surface area contributed by atoms with E-state index in [1.54, 1.807) is 14.1 Å². The van der Waals surface area contributed by atoms with Gasteiger partial charge in [0.2, 0.25) is 0 Å². The first-order valence-corrected chi connectivity index (χ1v) is 12.7. The Morgan fingerprint density at radius 1 is 1.00 bits per heavy atom. The Labute approximate surface area is 223 Å². The maximum absolute atomic E-state index is 14.9. The van der Waals surface area contributed by atoms with E-state index in [0.717, 1.165) is 29.5 Å². The summed E-state index contributed by atoms with van der Waals surface area (Å²) in [4.78, 5) is 30.6. The van der Waals surface area contributed by atoms with Gasteiger partial charge in [-0.25, -0.2) is 13.6 Å². The highest BCUT2D eigenvalue weighted by Gasteiger charge is 2.37. The number of alkyl halides is 3. The molecule has 4 aromatic rings. The Hall–Kier alpha value is -3.48. The normalized spacial score (nSPS) is 12.8. The number of likely N-dealkylation sites (N-methyl/N-ethyl adjacent to an activating group) is 1. The molecule has 0 saturated carbocycles. The van der Waals surface area contributed by atoms with Crippen LogP contribution in [0.3, 0.4) is 0 Å². The van der Waals surface area contributed by atoms with Crippen LogP contribution < -0.4 is 11.2 Å². The van der Waals surface area contributed by atoms with Gasteiger partial charge in [-0.15, -0.1) is 11.8 Å². The average molecular weight is 566 g/mol. The van der Waals surface area contributed by atoms with Crippen LogP contribution in [-0.4, -0.2) is 47.4 Å². The van der Waals surface area contributed by atoms with Crippen molar-refractivity contribution in [3.8, 4) is 11.1 Å². The van der Waals surface area contributed by atoms with E-state index >= 15 is 0 Å². The number of benzene rings is 3. The summed E-state index contributed by atoms with van der Waals surface area (Å²) in [5, 5.41) is -0.419. The molecule has 3 aromatic carbocycles. The Morgan fingerprint density at radius 3 is 2.36 bits per heavy atom. The van der Waals surface area contributed by atoms with Gasteiger partial charge in [0.1, 0.15) is 11.6 Å². The number of H-pyrrole nitrogens is 2. The summed E-state index contributed by atoms with van der Waals surface area (Å²) in [6, 6.07) is 11.9. The van der Waals surface area contributed by atoms with Crippen LogP contribution in [0, 0.1) is 11.6 Å². The molecular weight excluding hydrogens is 541 g/mol. The molecule has 0 spiro atoms. The second-order valence-electron chi connectivity index (χ2n) is 9.01. The fourth-order valence-electron chi connectivity index (χ4n) is 4.02. The first-order valence-electron chi connectivity index (χ1n) is 11.7. The van der Waals surface area contributed by atoms with Crippen LogP contribution in [-0.2, 0) is 17.5 Å². The molecule has 0 fully saturated rings. The number of nitrogens with zero attached hydrogens (tertiary/aromatic N) is 1. The third kappa shape index (κ3) is 6.57. The van der Waals surface area contributed by atoms with E-state index in [0.29, 0.717) is 18.7 Å². The molecular formula is C27H24F5N3O3S. The van der Waals surface area contributed by atoms with Gasteiger partial charge in [0.15, 0.2) is 0 Å². The predicted octanol–water partition coefficient (Wildman–Crippen LogP) is 5.42. The van der Waals surface area contributed by atoms with Gasteiger partial charge in [0.25, 0.3) is 5.56 Å². The van der Waals surface area contributed by atoms with E-state index in [9.17, 15) is 31.5 Å². The smallest absolute Gasteiger partial charge is 0.375 e. The molecule has 0 saturated heterocycles. The number of thioether (sulfide) groups is 1. The Morgan fingerprint density at radius 2 is 1.72 bits per heavy atom. The summed E-state index contributed by atoms with van der Waals surface area (Å²) in [5.74, 6) is -2.03. The van der Waals surface area contributed by atoms with E-state index in [-0.39, 0.29) is 28.8 Å². The molecule has 4 rings (SSSR count). The van der Waals surface area contributed by atoms with Gasteiger partial charge in [0.05, 0.1) is 29.7 Å². The zero-order valence-corrected chi connectivity index (χ0v) is 21.7. The number of hydrogen-bond donors (Lipinski definition) is 2. The van der Waals surface area contributed by atoms with Crippen molar-refractivity contribution >= 4 is 22.7 Å². The first kappa shape index (κ1) is 28.5. The van der Waals surface area contributed by atoms with E-state index in [2.05, 4.69) is 4.98 Å². The minimum Gasteiger partial charge on any atom is -0.375 e. The lowest BCUT2D eigenvalue weighted by Gasteiger charge is -2.25. The molecule has 39 heavy (non-hydrogen) atoms. The summed E-state index contributed by atoms with van der Waals surface area (Å²) in [7, 11) is 3.54. The van der Waals surface area contributed by atoms with Crippen LogP contribution in [0.15, 0.2) is 69.1 Å². The van der Waals surface area contributed by atoms with Gasteiger partial charge >= 0.3 is 11.9 Å². The van der Waals surface area contributed by atoms with Crippen molar-refractivity contribution in [1.29, 1.82) is 0 Å². The number of nitrogens with one attached hydrogen (secondary N) is 2. The molecule has 0 aliphatic carbocycles. The number of aromatic nitrogens is 2. The third-order valence-corrected chi connectivity index (χ3v) is 7.32. The number of ether oxygens (including phenoxy) is 1. The second kappa shape index (κ2) is 11.7. The van der Waals surface area contributed by atoms with Gasteiger partial charge in [-0.2, -0.15) is 13.2 Å². The van der Waals surface area contributed by atoms with Crippen LogP contribution in [0.2, 0.25) is 0 Å². The van der Waals surface area contributed by atoms with Crippen LogP contribution in [0.5, 0.6) is 0 Å². The molecule has 0 aliphatic rings. The minimum absolute atomic E-state index is 0.156. The number of halogens is 5. The first-order chi connectivity index (χ1) is 18.5. The van der Waals surface area contributed by atoms with Crippen molar-refractivity contribution in [3.05, 3.63) is 98.2 Å². The summed E-state index contributed by atoms with van der Waals surface area (Å²) in [6.45, 7) is 0.528. The molecule has 1 aromatic heterocycles. The van der Waals surface area contributed by atoms with Gasteiger partial charge in [0, 0.05) is 33.9 Å². The van der Waals surface area contributed by atoms with Crippen molar-refractivity contribution in [2.75, 3.05) is 26.5 Å². The molecule has 206 valence electrons. The average Bonchev–Trinajstić information content (AvgIpc) is 2.85. The van der Waals surface area contributed by atoms with Gasteiger partial charge in [-0.05, 0) is 37.9 Å². The fourth-order valence-corrected chi connectivity index (χ4v) is 5.44. The maximum Gasteiger partial charge on any atom is 0.417 e. The van der Waals surface area contributed by atoms with E-state index in [4.69, 9.17) is 4.74 Å². The summed E-state index contributed by atoms with van der Waals surface area (Å²) < 4.78 is 77.3. The van der Waals surface area contributed by atoms with Crippen molar-refractivity contribution in [2.45, 2.75) is 23.7 Å². The quantitative estimate of drug-likeness (QED) is 0.209. The van der Waals surface area contributed by atoms with Gasteiger partial charge in [-0.1, -0.05) is 30.3 Å². The van der Waals surface area contributed by atoms with Crippen molar-refractivity contribution in [1.82, 2.24) is 14.9 Å². The number of hydrogen-bond acceptors (Lipinski definition) is 5. The molecule has 1 heterocycles. The molecule has 6 nitrogen and oxygen atoms in total. The van der Waals surface area contributed by atoms with Gasteiger partial charge < -0.3 is 14.6 Å². The number of aromatic amines is 2. The standard InChI is InChI=1S/C27H24F5N3O3S/c1-35(2)17(13-38-12-15-6-4-3-5-7-15)14-39-24-22(18-9-8-16(28)10-21(18)29)20(27(30,31)32)11-19-23(24)33-26(37)34-25(19)36/h3-11,17H,12-14H2,1-2H3,(H2,33,34,36,37). The summed E-state index contributed by atoms with van der Waals surface area (Å²) in [5.41, 5.74) is -3.60. The Balaban J connectivity index is 1.81. The lowest BCUT2D eigenvalue weighted by molar-refractivity contribution is -0.137. The fraction of sp³-hybridized carbons (Fsp3) is 0.259. The van der Waals surface area contributed by atoms with E-state index < -0.39 is 51.1 Å². The SMILES string of the molecule is CN(C)C(COCc1ccccc1)CSc1c(-c2ccc(F)cc2F)c(C(F)(F)F)cc2c(=O)[nH]c(=O)[nH]c12. The van der Waals surface area contributed by atoms with Crippen molar-refractivity contribution < 1.29 is 26.7 Å². The topological polar surface area (TPSA) is 78.2 Å². The third-order valence-electron chi connectivity index (χ3n) is 6.07. The number of rotatable bonds is 9. The Bertz CT molecular complexity index is 1590. The summed E-state index contributed by atoms with van der Waals surface area (Å²) in [6.07, 6.45) is -5.00. The Kier molecular flexibility index (Phi) is 8.57. The van der Waals surface area contributed by atoms with E-state index in [1.165, 1.54) is 0 Å². The largest absolute Gasteiger partial charge is 0.417 e. The van der Waals surface area contributed by atoms with E-state index in [1.807, 2.05) is 40.2 Å². The minimum atomic E-state index is -5.00. The molecule has 0 bridgehead atoms. The second-order valence-corrected chi connectivity index (χ2v) is 10.0. The molecule has 1 atom stereocenters. The summed E-state index contributed by atoms with van der Waals surface area (Å²) >= 11 is 0.910. The zero-order valence-electron chi connectivity index (χ0n) is 20.9. The number of fused-ring (bicyclic) bond motifs is 1. The monoisotopic (exact) mass is 565 g/mol. The highest BCUT2D eigenvalue weighted by Crippen LogP contribution is 2.46. The maximum atomic E-state index is 14.9. The molecule has 0 radical (unpaired) electrons. The predicted molar refractivity (Wildman–Crippen MR) is 140 cm³/mol. The van der Waals surface area contributed by atoms with Crippen molar-refractivity contribution in [3.63, 3.8) is 0 Å². The van der Waals surface area contributed by atoms with Gasteiger partial charge in [-0.3, -0.25) is 9.78 Å². The molecule has 12 heteroatoms. The van der Waals surface area contributed by atoms with Crippen LogP contribution in [0.4, 0.5) is 22.0 Å². The molecule has 0 aliphatic heterocycles. The molecule has 0 amide bonds. The zero-order chi connectivity index (χ0) is 28.3. The highest BCUT2D eigenvalue weighted by atomic mass is 32.2. The molecule has 1 unspecified atom stereocenters. The highest BCUT2D eigenvalue weighted by molar-refractivity contribution is 7.99.